The predicted octanol–water partition coefficient (Wildman–Crippen LogP) is 4.55. The van der Waals surface area contributed by atoms with E-state index in [1.807, 2.05) is 23.6 Å². The molecule has 0 unspecified atom stereocenters. The minimum atomic E-state index is -0.408. The Labute approximate surface area is 147 Å². The topological polar surface area (TPSA) is 74.5 Å². The van der Waals surface area contributed by atoms with Gasteiger partial charge in [-0.2, -0.15) is 0 Å². The van der Waals surface area contributed by atoms with Gasteiger partial charge in [-0.15, -0.1) is 11.3 Å². The number of benzene rings is 2. The molecule has 1 aromatic heterocycles. The van der Waals surface area contributed by atoms with E-state index < -0.39 is 4.92 Å². The molecule has 0 bridgehead atoms. The largest absolute Gasteiger partial charge is 0.490 e. The zero-order valence-corrected chi connectivity index (χ0v) is 14.0. The average Bonchev–Trinajstić information content (AvgIpc) is 3.01. The molecule has 0 saturated carbocycles. The monoisotopic (exact) mass is 354 g/mol. The van der Waals surface area contributed by atoms with Crippen LogP contribution in [0.25, 0.3) is 21.8 Å². The molecule has 0 amide bonds. The molecule has 0 fully saturated rings. The molecular formula is C18H14N2O4S. The second-order valence-corrected chi connectivity index (χ2v) is 6.41. The molecule has 2 aromatic carbocycles. The fourth-order valence-electron chi connectivity index (χ4n) is 2.59. The summed E-state index contributed by atoms with van der Waals surface area (Å²) in [7, 11) is 0. The first-order valence-corrected chi connectivity index (χ1v) is 8.69. The van der Waals surface area contributed by atoms with E-state index in [1.165, 1.54) is 23.5 Å². The van der Waals surface area contributed by atoms with Crippen LogP contribution in [0.2, 0.25) is 0 Å². The van der Waals surface area contributed by atoms with Gasteiger partial charge in [0, 0.05) is 35.1 Å². The lowest BCUT2D eigenvalue weighted by atomic mass is 10.1. The van der Waals surface area contributed by atoms with Crippen LogP contribution in [-0.2, 0) is 0 Å². The van der Waals surface area contributed by atoms with Crippen molar-refractivity contribution in [3.8, 4) is 33.3 Å². The maximum Gasteiger partial charge on any atom is 0.269 e. The van der Waals surface area contributed by atoms with Gasteiger partial charge in [0.1, 0.15) is 5.01 Å². The molecule has 4 rings (SSSR count). The van der Waals surface area contributed by atoms with Crippen molar-refractivity contribution >= 4 is 17.0 Å². The summed E-state index contributed by atoms with van der Waals surface area (Å²) in [6.45, 7) is 1.30. The van der Waals surface area contributed by atoms with Crippen molar-refractivity contribution in [2.24, 2.45) is 0 Å². The number of fused-ring (bicyclic) bond motifs is 1. The van der Waals surface area contributed by atoms with E-state index in [0.717, 1.165) is 39.7 Å². The number of thiazole rings is 1. The van der Waals surface area contributed by atoms with Crippen LogP contribution in [0.4, 0.5) is 5.69 Å². The second-order valence-electron chi connectivity index (χ2n) is 5.55. The van der Waals surface area contributed by atoms with Crippen LogP contribution in [0.5, 0.6) is 11.5 Å². The number of aromatic nitrogens is 1. The van der Waals surface area contributed by atoms with Crippen LogP contribution >= 0.6 is 11.3 Å². The summed E-state index contributed by atoms with van der Waals surface area (Å²) in [5.41, 5.74) is 2.72. The predicted molar refractivity (Wildman–Crippen MR) is 95.2 cm³/mol. The summed E-state index contributed by atoms with van der Waals surface area (Å²) in [5, 5.41) is 13.5. The van der Waals surface area contributed by atoms with Gasteiger partial charge in [0.15, 0.2) is 11.5 Å². The van der Waals surface area contributed by atoms with E-state index in [1.54, 1.807) is 12.1 Å². The first kappa shape index (κ1) is 15.6. The average molecular weight is 354 g/mol. The van der Waals surface area contributed by atoms with Crippen LogP contribution in [0, 0.1) is 10.1 Å². The minimum absolute atomic E-state index is 0.0726. The Morgan fingerprint density at radius 2 is 1.72 bits per heavy atom. The first-order chi connectivity index (χ1) is 12.2. The Hall–Kier alpha value is -2.93. The van der Waals surface area contributed by atoms with Gasteiger partial charge in [0.25, 0.3) is 5.69 Å². The number of non-ortho nitro benzene ring substituents is 1. The van der Waals surface area contributed by atoms with Gasteiger partial charge >= 0.3 is 0 Å². The Balaban J connectivity index is 1.63. The van der Waals surface area contributed by atoms with E-state index in [2.05, 4.69) is 4.98 Å². The fraction of sp³-hybridized carbons (Fsp3) is 0.167. The fourth-order valence-corrected chi connectivity index (χ4v) is 3.42. The summed E-state index contributed by atoms with van der Waals surface area (Å²) in [5.74, 6) is 1.49. The SMILES string of the molecule is O=[N+]([O-])c1ccc(-c2nc(-c3ccc4c(c3)OCCCO4)cs2)cc1. The molecule has 0 saturated heterocycles. The third kappa shape index (κ3) is 3.18. The number of ether oxygens (including phenoxy) is 2. The van der Waals surface area contributed by atoms with Gasteiger partial charge < -0.3 is 9.47 Å². The third-order valence-corrected chi connectivity index (χ3v) is 4.76. The van der Waals surface area contributed by atoms with Crippen LogP contribution < -0.4 is 9.47 Å². The Morgan fingerprint density at radius 3 is 2.48 bits per heavy atom. The molecule has 0 radical (unpaired) electrons. The summed E-state index contributed by atoms with van der Waals surface area (Å²) in [6, 6.07) is 12.2. The molecule has 1 aliphatic rings. The van der Waals surface area contributed by atoms with Crippen LogP contribution in [0.1, 0.15) is 6.42 Å². The van der Waals surface area contributed by atoms with Crippen LogP contribution in [0.3, 0.4) is 0 Å². The molecule has 0 aliphatic carbocycles. The number of nitro groups is 1. The number of nitro benzene ring substituents is 1. The molecule has 3 aromatic rings. The summed E-state index contributed by atoms with van der Waals surface area (Å²) >= 11 is 1.50. The molecule has 1 aliphatic heterocycles. The molecule has 0 spiro atoms. The molecule has 25 heavy (non-hydrogen) atoms. The first-order valence-electron chi connectivity index (χ1n) is 7.81. The molecule has 7 heteroatoms. The Kier molecular flexibility index (Phi) is 4.07. The highest BCUT2D eigenvalue weighted by Crippen LogP contribution is 2.36. The van der Waals surface area contributed by atoms with Gasteiger partial charge in [0.05, 0.1) is 23.8 Å². The van der Waals surface area contributed by atoms with Crippen molar-refractivity contribution in [1.82, 2.24) is 4.98 Å². The molecule has 126 valence electrons. The Bertz CT molecular complexity index is 921. The van der Waals surface area contributed by atoms with Crippen molar-refractivity contribution in [2.45, 2.75) is 6.42 Å². The molecule has 2 heterocycles. The molecule has 0 N–H and O–H groups in total. The van der Waals surface area contributed by atoms with E-state index in [9.17, 15) is 10.1 Å². The standard InChI is InChI=1S/C18H14N2O4S/c21-20(22)14-5-2-12(3-6-14)18-19-15(11-25-18)13-4-7-16-17(10-13)24-9-1-8-23-16/h2-7,10-11H,1,8-9H2. The summed E-state index contributed by atoms with van der Waals surface area (Å²) < 4.78 is 11.4. The van der Waals surface area contributed by atoms with Crippen molar-refractivity contribution in [2.75, 3.05) is 13.2 Å². The highest BCUT2D eigenvalue weighted by Gasteiger charge is 2.14. The van der Waals surface area contributed by atoms with Gasteiger partial charge in [-0.05, 0) is 30.3 Å². The van der Waals surface area contributed by atoms with Gasteiger partial charge in [0.2, 0.25) is 0 Å². The van der Waals surface area contributed by atoms with Gasteiger partial charge in [-0.1, -0.05) is 0 Å². The van der Waals surface area contributed by atoms with Gasteiger partial charge in [-0.25, -0.2) is 4.98 Å². The zero-order chi connectivity index (χ0) is 17.2. The lowest BCUT2D eigenvalue weighted by Crippen LogP contribution is -1.97. The second kappa shape index (κ2) is 6.52. The highest BCUT2D eigenvalue weighted by molar-refractivity contribution is 7.13. The number of nitrogens with zero attached hydrogens (tertiary/aromatic N) is 2. The molecular weight excluding hydrogens is 340 g/mol. The van der Waals surface area contributed by atoms with Gasteiger partial charge in [-0.3, -0.25) is 10.1 Å². The van der Waals surface area contributed by atoms with E-state index in [4.69, 9.17) is 9.47 Å². The quantitative estimate of drug-likeness (QED) is 0.510. The van der Waals surface area contributed by atoms with Crippen molar-refractivity contribution in [3.05, 3.63) is 58.0 Å². The van der Waals surface area contributed by atoms with E-state index in [0.29, 0.717) is 13.2 Å². The summed E-state index contributed by atoms with van der Waals surface area (Å²) in [4.78, 5) is 15.0. The maximum atomic E-state index is 10.8. The zero-order valence-electron chi connectivity index (χ0n) is 13.2. The maximum absolute atomic E-state index is 10.8. The summed E-state index contributed by atoms with van der Waals surface area (Å²) in [6.07, 6.45) is 0.866. The lowest BCUT2D eigenvalue weighted by Gasteiger charge is -2.08. The molecule has 0 atom stereocenters. The Morgan fingerprint density at radius 1 is 1.00 bits per heavy atom. The van der Waals surface area contributed by atoms with Crippen molar-refractivity contribution in [3.63, 3.8) is 0 Å². The van der Waals surface area contributed by atoms with Crippen LogP contribution in [0.15, 0.2) is 47.8 Å². The molecule has 6 nitrogen and oxygen atoms in total. The van der Waals surface area contributed by atoms with Crippen molar-refractivity contribution < 1.29 is 14.4 Å². The minimum Gasteiger partial charge on any atom is -0.490 e. The van der Waals surface area contributed by atoms with Crippen molar-refractivity contribution in [1.29, 1.82) is 0 Å². The number of rotatable bonds is 3. The number of hydrogen-bond donors (Lipinski definition) is 0. The van der Waals surface area contributed by atoms with E-state index in [-0.39, 0.29) is 5.69 Å². The van der Waals surface area contributed by atoms with Crippen LogP contribution in [-0.4, -0.2) is 23.1 Å². The number of hydrogen-bond acceptors (Lipinski definition) is 6. The third-order valence-electron chi connectivity index (χ3n) is 3.87. The van der Waals surface area contributed by atoms with E-state index >= 15 is 0 Å². The highest BCUT2D eigenvalue weighted by atomic mass is 32.1. The normalized spacial score (nSPS) is 13.3. The smallest absolute Gasteiger partial charge is 0.269 e. The lowest BCUT2D eigenvalue weighted by molar-refractivity contribution is -0.384.